The Bertz CT molecular complexity index is 972. The van der Waals surface area contributed by atoms with Gasteiger partial charge in [-0.3, -0.25) is 4.79 Å². The molecule has 0 saturated heterocycles. The lowest BCUT2D eigenvalue weighted by molar-refractivity contribution is -0.185. The summed E-state index contributed by atoms with van der Waals surface area (Å²) in [6.07, 6.45) is 39.9. The molecular weight excluding hydrogens is 791 g/mol. The summed E-state index contributed by atoms with van der Waals surface area (Å²) in [7, 11) is 0. The number of hydrogen-bond acceptors (Lipinski definition) is 8. The Hall–Kier alpha value is -0.810. The molecule has 1 amide bonds. The largest absolute Gasteiger partial charge is 0.390 e. The molecule has 8 atom stereocenters. The molecule has 0 bridgehead atoms. The van der Waals surface area contributed by atoms with E-state index in [1.165, 1.54) is 186 Å². The second kappa shape index (κ2) is 43.7. The van der Waals surface area contributed by atoms with Gasteiger partial charge >= 0.3 is 0 Å². The lowest BCUT2D eigenvalue weighted by atomic mass is 9.81. The molecular formula is C54H107NO8. The summed E-state index contributed by atoms with van der Waals surface area (Å²) >= 11 is 0. The molecule has 0 spiro atoms. The van der Waals surface area contributed by atoms with Crippen molar-refractivity contribution >= 4 is 5.91 Å². The van der Waals surface area contributed by atoms with Crippen LogP contribution in [0.5, 0.6) is 0 Å². The molecule has 0 heterocycles. The molecule has 376 valence electrons. The van der Waals surface area contributed by atoms with Crippen LogP contribution in [0, 0.1) is 5.92 Å². The first-order valence-corrected chi connectivity index (χ1v) is 27.7. The number of unbranched alkanes of at least 4 members (excludes halogenated alkanes) is 33. The van der Waals surface area contributed by atoms with Gasteiger partial charge in [-0.1, -0.05) is 239 Å². The second-order valence-electron chi connectivity index (χ2n) is 19.9. The van der Waals surface area contributed by atoms with Crippen molar-refractivity contribution in [1.29, 1.82) is 0 Å². The highest BCUT2D eigenvalue weighted by Crippen LogP contribution is 2.29. The van der Waals surface area contributed by atoms with Gasteiger partial charge in [0.05, 0.1) is 37.6 Å². The number of aliphatic hydroxyl groups excluding tert-OH is 5. The lowest BCUT2D eigenvalue weighted by Crippen LogP contribution is -2.57. The Morgan fingerprint density at radius 3 is 1.29 bits per heavy atom. The van der Waals surface area contributed by atoms with E-state index >= 15 is 0 Å². The zero-order valence-corrected chi connectivity index (χ0v) is 41.8. The van der Waals surface area contributed by atoms with Crippen LogP contribution in [0.15, 0.2) is 0 Å². The molecule has 9 heteroatoms. The minimum Gasteiger partial charge on any atom is -0.390 e. The predicted molar refractivity (Wildman–Crippen MR) is 263 cm³/mol. The molecule has 0 radical (unpaired) electrons. The van der Waals surface area contributed by atoms with Gasteiger partial charge in [0.1, 0.15) is 18.3 Å². The van der Waals surface area contributed by atoms with Crippen molar-refractivity contribution in [2.24, 2.45) is 5.92 Å². The molecule has 9 nitrogen and oxygen atoms in total. The molecule has 1 aliphatic rings. The number of carbonyl (C=O) groups excluding carboxylic acids is 1. The van der Waals surface area contributed by atoms with E-state index in [-0.39, 0.29) is 25.5 Å². The fourth-order valence-corrected chi connectivity index (χ4v) is 9.43. The van der Waals surface area contributed by atoms with Gasteiger partial charge < -0.3 is 40.3 Å². The first kappa shape index (κ1) is 60.2. The highest BCUT2D eigenvalue weighted by molar-refractivity contribution is 5.76. The number of carbonyl (C=O) groups is 1. The first-order valence-electron chi connectivity index (χ1n) is 27.7. The Morgan fingerprint density at radius 2 is 0.889 bits per heavy atom. The van der Waals surface area contributed by atoms with E-state index in [1.807, 2.05) is 6.92 Å². The fourth-order valence-electron chi connectivity index (χ4n) is 9.43. The van der Waals surface area contributed by atoms with E-state index < -0.39 is 48.6 Å². The normalized spacial score (nSPS) is 20.5. The quantitative estimate of drug-likeness (QED) is 0.0331. The van der Waals surface area contributed by atoms with Crippen LogP contribution < -0.4 is 5.32 Å². The summed E-state index contributed by atoms with van der Waals surface area (Å²) in [5, 5.41) is 57.3. The summed E-state index contributed by atoms with van der Waals surface area (Å²) in [4.78, 5) is 13.2. The lowest BCUT2D eigenvalue weighted by Gasteiger charge is -2.41. The van der Waals surface area contributed by atoms with Crippen LogP contribution in [-0.4, -0.2) is 93.9 Å². The van der Waals surface area contributed by atoms with Crippen LogP contribution in [0.4, 0.5) is 0 Å². The van der Waals surface area contributed by atoms with E-state index in [0.717, 1.165) is 44.9 Å². The molecule has 1 aliphatic carbocycles. The first-order chi connectivity index (χ1) is 30.8. The van der Waals surface area contributed by atoms with Gasteiger partial charge in [-0.25, -0.2) is 0 Å². The van der Waals surface area contributed by atoms with Crippen LogP contribution in [0.25, 0.3) is 0 Å². The SMILES string of the molecule is CCCCCCCCCCCCCCCCCCCCCCCCCC(=O)N[C@@H](CO[C@H]1C[C@H](COCCC)[C@H](O)[C@H](O)[C@H]1O)[C@H](O)[C@H](O)CCCCCCCCCCCCCC. The van der Waals surface area contributed by atoms with Gasteiger partial charge in [0.2, 0.25) is 5.91 Å². The van der Waals surface area contributed by atoms with E-state index in [0.29, 0.717) is 19.4 Å². The van der Waals surface area contributed by atoms with Crippen LogP contribution in [-0.2, 0) is 14.3 Å². The van der Waals surface area contributed by atoms with Crippen LogP contribution in [0.2, 0.25) is 0 Å². The Morgan fingerprint density at radius 1 is 0.508 bits per heavy atom. The molecule has 1 fully saturated rings. The van der Waals surface area contributed by atoms with Crippen LogP contribution in [0.3, 0.4) is 0 Å². The van der Waals surface area contributed by atoms with Crippen molar-refractivity contribution in [3.63, 3.8) is 0 Å². The maximum absolute atomic E-state index is 13.2. The third-order valence-corrected chi connectivity index (χ3v) is 13.8. The summed E-state index contributed by atoms with van der Waals surface area (Å²) in [5.74, 6) is -0.609. The zero-order valence-electron chi connectivity index (χ0n) is 41.8. The summed E-state index contributed by atoms with van der Waals surface area (Å²) in [6, 6.07) is -0.875. The van der Waals surface area contributed by atoms with Gasteiger partial charge in [0.25, 0.3) is 0 Å². The average Bonchev–Trinajstić information content (AvgIpc) is 3.28. The topological polar surface area (TPSA) is 149 Å². The maximum atomic E-state index is 13.2. The second-order valence-corrected chi connectivity index (χ2v) is 19.9. The molecule has 1 saturated carbocycles. The number of aliphatic hydroxyl groups is 5. The third-order valence-electron chi connectivity index (χ3n) is 13.8. The van der Waals surface area contributed by atoms with Gasteiger partial charge in [0, 0.05) is 18.9 Å². The molecule has 0 aromatic heterocycles. The van der Waals surface area contributed by atoms with Crippen molar-refractivity contribution in [3.8, 4) is 0 Å². The minimum atomic E-state index is -1.40. The van der Waals surface area contributed by atoms with E-state index in [4.69, 9.17) is 9.47 Å². The van der Waals surface area contributed by atoms with E-state index in [1.54, 1.807) is 0 Å². The molecule has 0 aromatic carbocycles. The summed E-state index contributed by atoms with van der Waals surface area (Å²) < 4.78 is 11.7. The average molecular weight is 898 g/mol. The Balaban J connectivity index is 2.35. The molecule has 0 unspecified atom stereocenters. The fraction of sp³-hybridized carbons (Fsp3) is 0.981. The van der Waals surface area contributed by atoms with Crippen molar-refractivity contribution in [2.45, 2.75) is 314 Å². The number of hydrogen-bond donors (Lipinski definition) is 6. The Kier molecular flexibility index (Phi) is 41.8. The zero-order chi connectivity index (χ0) is 46.0. The number of amides is 1. The standard InChI is InChI=1S/C54H107NO8/c1-4-7-9-11-13-15-17-19-20-21-22-23-24-25-26-27-28-29-31-33-35-37-39-41-50(57)55-47(45-63-49-43-46(44-62-42-6-3)51(58)54(61)53(49)60)52(59)48(56)40-38-36-34-32-30-18-16-14-12-10-8-5-2/h46-49,51-54,56,58-61H,4-45H2,1-3H3,(H,55,57)/t46-,47+,48-,49+,51+,52+,53+,54+/m1/s1. The van der Waals surface area contributed by atoms with Gasteiger partial charge in [0.15, 0.2) is 0 Å². The van der Waals surface area contributed by atoms with Gasteiger partial charge in [-0.2, -0.15) is 0 Å². The molecule has 63 heavy (non-hydrogen) atoms. The van der Waals surface area contributed by atoms with Crippen molar-refractivity contribution in [3.05, 3.63) is 0 Å². The summed E-state index contributed by atoms with van der Waals surface area (Å²) in [5.41, 5.74) is 0. The number of ether oxygens (including phenoxy) is 2. The predicted octanol–water partition coefficient (Wildman–Crippen LogP) is 12.6. The van der Waals surface area contributed by atoms with E-state index in [2.05, 4.69) is 19.2 Å². The van der Waals surface area contributed by atoms with Gasteiger partial charge in [-0.05, 0) is 25.7 Å². The van der Waals surface area contributed by atoms with Gasteiger partial charge in [-0.15, -0.1) is 0 Å². The third kappa shape index (κ3) is 33.3. The monoisotopic (exact) mass is 898 g/mol. The van der Waals surface area contributed by atoms with Crippen LogP contribution >= 0.6 is 0 Å². The molecule has 0 aromatic rings. The summed E-state index contributed by atoms with van der Waals surface area (Å²) in [6.45, 7) is 7.17. The highest BCUT2D eigenvalue weighted by Gasteiger charge is 2.44. The minimum absolute atomic E-state index is 0.130. The number of rotatable bonds is 47. The van der Waals surface area contributed by atoms with Crippen LogP contribution in [0.1, 0.15) is 271 Å². The van der Waals surface area contributed by atoms with Crippen molar-refractivity contribution in [1.82, 2.24) is 5.32 Å². The van der Waals surface area contributed by atoms with E-state index in [9.17, 15) is 30.3 Å². The highest BCUT2D eigenvalue weighted by atomic mass is 16.5. The molecule has 6 N–H and O–H groups in total. The molecule has 1 rings (SSSR count). The molecule has 0 aliphatic heterocycles. The van der Waals surface area contributed by atoms with Crippen molar-refractivity contribution < 1.29 is 39.8 Å². The smallest absolute Gasteiger partial charge is 0.220 e. The van der Waals surface area contributed by atoms with Crippen molar-refractivity contribution in [2.75, 3.05) is 19.8 Å². The maximum Gasteiger partial charge on any atom is 0.220 e. The Labute approximate surface area is 389 Å². The number of nitrogens with one attached hydrogen (secondary N) is 1.